The van der Waals surface area contributed by atoms with Gasteiger partial charge in [0.05, 0.1) is 6.54 Å². The predicted octanol–water partition coefficient (Wildman–Crippen LogP) is 0.203. The molecule has 1 atom stereocenters. The van der Waals surface area contributed by atoms with E-state index < -0.39 is 0 Å². The molecular formula is C12H12N4O3. The van der Waals surface area contributed by atoms with Crippen molar-refractivity contribution >= 4 is 5.91 Å². The highest BCUT2D eigenvalue weighted by atomic mass is 16.5. The Bertz CT molecular complexity index is 601. The maximum absolute atomic E-state index is 11.0. The third-order valence-electron chi connectivity index (χ3n) is 2.86. The molecule has 1 aliphatic rings. The highest BCUT2D eigenvalue weighted by Gasteiger charge is 2.24. The van der Waals surface area contributed by atoms with Gasteiger partial charge in [-0.05, 0) is 12.1 Å². The van der Waals surface area contributed by atoms with Crippen LogP contribution in [0.25, 0.3) is 11.4 Å². The lowest BCUT2D eigenvalue weighted by Gasteiger charge is -2.20. The Kier molecular flexibility index (Phi) is 2.88. The molecule has 1 fully saturated rings. The zero-order valence-electron chi connectivity index (χ0n) is 9.96. The molecule has 3 rings (SSSR count). The van der Waals surface area contributed by atoms with Crippen molar-refractivity contribution in [2.75, 3.05) is 13.1 Å². The van der Waals surface area contributed by atoms with Crippen molar-refractivity contribution in [3.63, 3.8) is 0 Å². The normalized spacial score (nSPS) is 19.2. The summed E-state index contributed by atoms with van der Waals surface area (Å²) in [7, 11) is 0. The van der Waals surface area contributed by atoms with Crippen LogP contribution in [0.3, 0.4) is 0 Å². The van der Waals surface area contributed by atoms with Gasteiger partial charge in [-0.2, -0.15) is 4.98 Å². The van der Waals surface area contributed by atoms with E-state index >= 15 is 0 Å². The van der Waals surface area contributed by atoms with Crippen molar-refractivity contribution in [1.82, 2.24) is 20.8 Å². The van der Waals surface area contributed by atoms with Gasteiger partial charge in [-0.3, -0.25) is 10.1 Å². The van der Waals surface area contributed by atoms with E-state index in [4.69, 9.17) is 4.52 Å². The third kappa shape index (κ3) is 2.41. The van der Waals surface area contributed by atoms with E-state index in [1.807, 2.05) is 0 Å². The topological polar surface area (TPSA) is 100 Å². The number of rotatable bonds is 2. The van der Waals surface area contributed by atoms with Gasteiger partial charge in [-0.1, -0.05) is 17.3 Å². The molecule has 1 aromatic carbocycles. The quantitative estimate of drug-likeness (QED) is 0.713. The van der Waals surface area contributed by atoms with Crippen LogP contribution in [0.15, 0.2) is 28.8 Å². The molecule has 98 valence electrons. The lowest BCUT2D eigenvalue weighted by molar-refractivity contribution is -0.121. The summed E-state index contributed by atoms with van der Waals surface area (Å²) in [4.78, 5) is 15.3. The molecule has 0 spiro atoms. The zero-order valence-corrected chi connectivity index (χ0v) is 9.96. The molecule has 3 N–H and O–H groups in total. The van der Waals surface area contributed by atoms with E-state index in [-0.39, 0.29) is 24.2 Å². The Balaban J connectivity index is 1.81. The summed E-state index contributed by atoms with van der Waals surface area (Å²) in [5.41, 5.74) is 0.676. The number of benzene rings is 1. The van der Waals surface area contributed by atoms with Crippen LogP contribution < -0.4 is 10.6 Å². The van der Waals surface area contributed by atoms with Crippen molar-refractivity contribution in [3.05, 3.63) is 30.2 Å². The van der Waals surface area contributed by atoms with Gasteiger partial charge < -0.3 is 14.9 Å². The number of hydrogen-bond acceptors (Lipinski definition) is 6. The number of aromatic nitrogens is 2. The first-order chi connectivity index (χ1) is 9.22. The number of phenols is 1. The van der Waals surface area contributed by atoms with Gasteiger partial charge in [0.2, 0.25) is 17.6 Å². The number of piperazine rings is 1. The highest BCUT2D eigenvalue weighted by molar-refractivity contribution is 5.78. The Morgan fingerprint density at radius 3 is 3.05 bits per heavy atom. The molecule has 7 nitrogen and oxygen atoms in total. The predicted molar refractivity (Wildman–Crippen MR) is 65.2 cm³/mol. The fourth-order valence-electron chi connectivity index (χ4n) is 1.88. The van der Waals surface area contributed by atoms with Crippen molar-refractivity contribution in [2.45, 2.75) is 6.04 Å². The number of carbonyl (C=O) groups excluding carboxylic acids is 1. The van der Waals surface area contributed by atoms with Gasteiger partial charge in [0.15, 0.2) is 0 Å². The number of nitrogens with zero attached hydrogens (tertiary/aromatic N) is 2. The third-order valence-corrected chi connectivity index (χ3v) is 2.86. The highest BCUT2D eigenvalue weighted by Crippen LogP contribution is 2.22. The average molecular weight is 260 g/mol. The molecule has 0 radical (unpaired) electrons. The first-order valence-corrected chi connectivity index (χ1v) is 5.85. The monoisotopic (exact) mass is 260 g/mol. The summed E-state index contributed by atoms with van der Waals surface area (Å²) in [6.07, 6.45) is 0. The van der Waals surface area contributed by atoms with Gasteiger partial charge in [0.25, 0.3) is 0 Å². The van der Waals surface area contributed by atoms with Crippen molar-refractivity contribution < 1.29 is 14.4 Å². The molecule has 1 aliphatic heterocycles. The fraction of sp³-hybridized carbons (Fsp3) is 0.250. The summed E-state index contributed by atoms with van der Waals surface area (Å²) in [6, 6.07) is 6.44. The molecule has 19 heavy (non-hydrogen) atoms. The number of phenolic OH excluding ortho intramolecular Hbond substituents is 1. The van der Waals surface area contributed by atoms with Crippen LogP contribution in [0.1, 0.15) is 11.9 Å². The van der Waals surface area contributed by atoms with Crippen LogP contribution in [0.4, 0.5) is 0 Å². The molecule has 2 aromatic rings. The van der Waals surface area contributed by atoms with Gasteiger partial charge in [-0.25, -0.2) is 0 Å². The number of hydrogen-bond donors (Lipinski definition) is 3. The smallest absolute Gasteiger partial charge is 0.245 e. The second-order valence-electron chi connectivity index (χ2n) is 4.24. The van der Waals surface area contributed by atoms with E-state index in [1.165, 1.54) is 0 Å². The second kappa shape index (κ2) is 4.69. The van der Waals surface area contributed by atoms with E-state index in [1.54, 1.807) is 24.3 Å². The Labute approximate surface area is 108 Å². The largest absolute Gasteiger partial charge is 0.508 e. The van der Waals surface area contributed by atoms with Crippen LogP contribution in [0.5, 0.6) is 5.75 Å². The van der Waals surface area contributed by atoms with Crippen molar-refractivity contribution in [3.8, 4) is 17.1 Å². The molecule has 7 heteroatoms. The van der Waals surface area contributed by atoms with E-state index in [9.17, 15) is 9.90 Å². The molecule has 1 unspecified atom stereocenters. The summed E-state index contributed by atoms with van der Waals surface area (Å²) in [6.45, 7) is 0.648. The van der Waals surface area contributed by atoms with Crippen LogP contribution in [0, 0.1) is 0 Å². The van der Waals surface area contributed by atoms with Gasteiger partial charge >= 0.3 is 0 Å². The summed E-state index contributed by atoms with van der Waals surface area (Å²) in [5.74, 6) is 0.916. The standard InChI is InChI=1S/C12H12N4O3/c17-8-3-1-2-7(4-8)11-15-12(19-16-11)9-5-14-10(18)6-13-9/h1-4,9,13,17H,5-6H2,(H,14,18). The van der Waals surface area contributed by atoms with Crippen molar-refractivity contribution in [1.29, 1.82) is 0 Å². The molecule has 0 bridgehead atoms. The van der Waals surface area contributed by atoms with E-state index in [0.717, 1.165) is 0 Å². The SMILES string of the molecule is O=C1CNC(c2nc(-c3cccc(O)c3)no2)CN1. The van der Waals surface area contributed by atoms with Crippen LogP contribution >= 0.6 is 0 Å². The number of nitrogens with one attached hydrogen (secondary N) is 2. The van der Waals surface area contributed by atoms with Gasteiger partial charge in [-0.15, -0.1) is 0 Å². The molecule has 0 aliphatic carbocycles. The minimum Gasteiger partial charge on any atom is -0.508 e. The van der Waals surface area contributed by atoms with Gasteiger partial charge in [0, 0.05) is 12.1 Å². The fourth-order valence-corrected chi connectivity index (χ4v) is 1.88. The molecule has 2 heterocycles. The second-order valence-corrected chi connectivity index (χ2v) is 4.24. The molecule has 1 saturated heterocycles. The van der Waals surface area contributed by atoms with E-state index in [0.29, 0.717) is 23.8 Å². The summed E-state index contributed by atoms with van der Waals surface area (Å²) >= 11 is 0. The number of amides is 1. The molecular weight excluding hydrogens is 248 g/mol. The Morgan fingerprint density at radius 1 is 1.42 bits per heavy atom. The molecule has 0 saturated carbocycles. The lowest BCUT2D eigenvalue weighted by Crippen LogP contribution is -2.47. The number of carbonyl (C=O) groups is 1. The minimum atomic E-state index is -0.184. The maximum Gasteiger partial charge on any atom is 0.245 e. The first-order valence-electron chi connectivity index (χ1n) is 5.85. The van der Waals surface area contributed by atoms with Gasteiger partial charge in [0.1, 0.15) is 11.8 Å². The number of aromatic hydroxyl groups is 1. The van der Waals surface area contributed by atoms with Crippen molar-refractivity contribution in [2.24, 2.45) is 0 Å². The Hall–Kier alpha value is -2.41. The maximum atomic E-state index is 11.0. The minimum absolute atomic E-state index is 0.0519. The van der Waals surface area contributed by atoms with Crippen LogP contribution in [-0.4, -0.2) is 34.2 Å². The first kappa shape index (κ1) is 11.7. The van der Waals surface area contributed by atoms with Crippen LogP contribution in [0.2, 0.25) is 0 Å². The molecule has 1 amide bonds. The lowest BCUT2D eigenvalue weighted by atomic mass is 10.2. The average Bonchev–Trinajstić information content (AvgIpc) is 2.89. The van der Waals surface area contributed by atoms with E-state index in [2.05, 4.69) is 20.8 Å². The van der Waals surface area contributed by atoms with Crippen LogP contribution in [-0.2, 0) is 4.79 Å². The Morgan fingerprint density at radius 2 is 2.32 bits per heavy atom. The summed E-state index contributed by atoms with van der Waals surface area (Å²) in [5, 5.41) is 19.0. The molecule has 1 aromatic heterocycles. The zero-order chi connectivity index (χ0) is 13.2. The summed E-state index contributed by atoms with van der Waals surface area (Å²) < 4.78 is 5.18.